The molecule has 0 aliphatic carbocycles. The summed E-state index contributed by atoms with van der Waals surface area (Å²) in [7, 11) is 0. The predicted octanol–water partition coefficient (Wildman–Crippen LogP) is 2.04. The van der Waals surface area contributed by atoms with Gasteiger partial charge in [0.1, 0.15) is 17.5 Å². The molecule has 0 spiro atoms. The average Bonchev–Trinajstić information content (AvgIpc) is 2.44. The molecule has 106 valence electrons. The van der Waals surface area contributed by atoms with Gasteiger partial charge in [-0.05, 0) is 43.2 Å². The van der Waals surface area contributed by atoms with Gasteiger partial charge in [0.2, 0.25) is 11.8 Å². The fourth-order valence-electron chi connectivity index (χ4n) is 1.98. The smallest absolute Gasteiger partial charge is 0.248 e. The highest BCUT2D eigenvalue weighted by atomic mass is 16.5. The number of rotatable bonds is 3. The minimum absolute atomic E-state index is 0.159. The largest absolute Gasteiger partial charge is 0.436 e. The molecule has 1 heterocycles. The lowest BCUT2D eigenvalue weighted by molar-refractivity contribution is 0.1000. The fraction of sp³-hybridized carbons (Fsp3) is 0.133. The Hall–Kier alpha value is -3.07. The van der Waals surface area contributed by atoms with Gasteiger partial charge in [0.05, 0.1) is 5.56 Å². The lowest BCUT2D eigenvalue weighted by Crippen LogP contribution is -2.11. The molecule has 0 bridgehead atoms. The number of ether oxygens (including phenoxy) is 1. The molecular formula is C15H14N4O2. The van der Waals surface area contributed by atoms with Gasteiger partial charge in [-0.2, -0.15) is 5.26 Å². The van der Waals surface area contributed by atoms with E-state index in [1.165, 1.54) is 12.3 Å². The summed E-state index contributed by atoms with van der Waals surface area (Å²) in [5.74, 6) is 0.193. The van der Waals surface area contributed by atoms with E-state index in [2.05, 4.69) is 4.98 Å². The molecule has 0 fully saturated rings. The summed E-state index contributed by atoms with van der Waals surface area (Å²) in [5, 5.41) is 8.95. The minimum atomic E-state index is -0.503. The number of nitrogens with two attached hydrogens (primary N) is 2. The van der Waals surface area contributed by atoms with Crippen LogP contribution < -0.4 is 16.2 Å². The van der Waals surface area contributed by atoms with Gasteiger partial charge in [-0.15, -0.1) is 0 Å². The van der Waals surface area contributed by atoms with Gasteiger partial charge in [-0.25, -0.2) is 4.98 Å². The summed E-state index contributed by atoms with van der Waals surface area (Å²) in [6.45, 7) is 3.58. The first-order valence-electron chi connectivity index (χ1n) is 6.17. The van der Waals surface area contributed by atoms with Crippen LogP contribution in [-0.4, -0.2) is 10.9 Å². The Morgan fingerprint density at radius 3 is 2.48 bits per heavy atom. The van der Waals surface area contributed by atoms with Crippen molar-refractivity contribution in [2.75, 3.05) is 5.73 Å². The quantitative estimate of drug-likeness (QED) is 0.893. The van der Waals surface area contributed by atoms with Crippen molar-refractivity contribution in [3.8, 4) is 17.7 Å². The third-order valence-corrected chi connectivity index (χ3v) is 3.02. The van der Waals surface area contributed by atoms with Crippen LogP contribution in [0.5, 0.6) is 11.6 Å². The molecule has 0 aliphatic rings. The molecule has 0 unspecified atom stereocenters. The van der Waals surface area contributed by atoms with Gasteiger partial charge >= 0.3 is 0 Å². The van der Waals surface area contributed by atoms with Crippen molar-refractivity contribution >= 4 is 11.6 Å². The average molecular weight is 282 g/mol. The molecule has 0 aliphatic heterocycles. The molecule has 0 saturated carbocycles. The third-order valence-electron chi connectivity index (χ3n) is 3.02. The number of hydrogen-bond donors (Lipinski definition) is 2. The van der Waals surface area contributed by atoms with Crippen LogP contribution in [0.3, 0.4) is 0 Å². The first-order chi connectivity index (χ1) is 9.93. The molecule has 1 aromatic carbocycles. The van der Waals surface area contributed by atoms with Crippen LogP contribution in [0.2, 0.25) is 0 Å². The number of nitrogen functional groups attached to an aromatic ring is 1. The maximum absolute atomic E-state index is 11.2. The van der Waals surface area contributed by atoms with Crippen LogP contribution in [-0.2, 0) is 0 Å². The number of carbonyl (C=O) groups is 1. The maximum Gasteiger partial charge on any atom is 0.248 e. The number of amides is 1. The lowest BCUT2D eigenvalue weighted by atomic mass is 10.1. The molecule has 4 N–H and O–H groups in total. The van der Waals surface area contributed by atoms with Crippen LogP contribution in [0.15, 0.2) is 24.4 Å². The number of aromatic nitrogens is 1. The van der Waals surface area contributed by atoms with Gasteiger partial charge in [0, 0.05) is 11.8 Å². The van der Waals surface area contributed by atoms with Crippen LogP contribution in [0.25, 0.3) is 0 Å². The van der Waals surface area contributed by atoms with Gasteiger partial charge < -0.3 is 16.2 Å². The molecule has 0 atom stereocenters. The van der Waals surface area contributed by atoms with E-state index < -0.39 is 5.91 Å². The summed E-state index contributed by atoms with van der Waals surface area (Å²) < 4.78 is 5.71. The third kappa shape index (κ3) is 2.77. The van der Waals surface area contributed by atoms with E-state index in [4.69, 9.17) is 21.5 Å². The van der Waals surface area contributed by atoms with Gasteiger partial charge in [-0.1, -0.05) is 0 Å². The second kappa shape index (κ2) is 5.51. The van der Waals surface area contributed by atoms with Crippen LogP contribution in [0.1, 0.15) is 27.0 Å². The van der Waals surface area contributed by atoms with Crippen LogP contribution in [0, 0.1) is 25.2 Å². The highest BCUT2D eigenvalue weighted by Gasteiger charge is 2.14. The number of pyridine rings is 1. The fourth-order valence-corrected chi connectivity index (χ4v) is 1.98. The van der Waals surface area contributed by atoms with Crippen molar-refractivity contribution in [3.63, 3.8) is 0 Å². The van der Waals surface area contributed by atoms with Crippen molar-refractivity contribution in [2.45, 2.75) is 13.8 Å². The summed E-state index contributed by atoms with van der Waals surface area (Å²) in [6, 6.07) is 6.75. The monoisotopic (exact) mass is 282 g/mol. The highest BCUT2D eigenvalue weighted by Crippen LogP contribution is 2.32. The topological polar surface area (TPSA) is 115 Å². The Morgan fingerprint density at radius 2 is 1.95 bits per heavy atom. The van der Waals surface area contributed by atoms with Crippen molar-refractivity contribution < 1.29 is 9.53 Å². The van der Waals surface area contributed by atoms with E-state index in [0.29, 0.717) is 16.9 Å². The normalized spacial score (nSPS) is 9.95. The Morgan fingerprint density at radius 1 is 1.33 bits per heavy atom. The summed E-state index contributed by atoms with van der Waals surface area (Å²) >= 11 is 0. The summed E-state index contributed by atoms with van der Waals surface area (Å²) in [5.41, 5.74) is 13.4. The van der Waals surface area contributed by atoms with Gasteiger partial charge in [-0.3, -0.25) is 4.79 Å². The molecule has 1 aromatic heterocycles. The van der Waals surface area contributed by atoms with Crippen molar-refractivity contribution in [3.05, 3.63) is 46.6 Å². The number of aryl methyl sites for hydroxylation is 2. The van der Waals surface area contributed by atoms with E-state index >= 15 is 0 Å². The molecule has 2 rings (SSSR count). The zero-order chi connectivity index (χ0) is 15.6. The van der Waals surface area contributed by atoms with E-state index in [-0.39, 0.29) is 11.6 Å². The minimum Gasteiger partial charge on any atom is -0.436 e. The second-order valence-corrected chi connectivity index (χ2v) is 4.59. The SMILES string of the molecule is Cc1cc(C(N)=O)cc(C)c1Oc1nccc(C#N)c1N. The Labute approximate surface area is 122 Å². The van der Waals surface area contributed by atoms with Crippen molar-refractivity contribution in [1.29, 1.82) is 5.26 Å². The Kier molecular flexibility index (Phi) is 3.76. The standard InChI is InChI=1S/C15H14N4O2/c1-8-5-11(14(18)20)6-9(2)13(8)21-15-12(17)10(7-16)3-4-19-15/h3-6H,17H2,1-2H3,(H2,18,20). The van der Waals surface area contributed by atoms with E-state index in [0.717, 1.165) is 11.1 Å². The molecule has 21 heavy (non-hydrogen) atoms. The van der Waals surface area contributed by atoms with Gasteiger partial charge in [0.15, 0.2) is 0 Å². The molecule has 0 saturated heterocycles. The molecular weight excluding hydrogens is 268 g/mol. The molecule has 6 nitrogen and oxygen atoms in total. The van der Waals surface area contributed by atoms with Gasteiger partial charge in [0.25, 0.3) is 0 Å². The number of benzene rings is 1. The summed E-state index contributed by atoms with van der Waals surface area (Å²) in [6.07, 6.45) is 1.45. The first kappa shape index (κ1) is 14.3. The van der Waals surface area contributed by atoms with Crippen molar-refractivity contribution in [1.82, 2.24) is 4.98 Å². The molecule has 6 heteroatoms. The Balaban J connectivity index is 2.46. The number of hydrogen-bond acceptors (Lipinski definition) is 5. The number of anilines is 1. The summed E-state index contributed by atoms with van der Waals surface area (Å²) in [4.78, 5) is 15.3. The van der Waals surface area contributed by atoms with E-state index in [9.17, 15) is 4.79 Å². The predicted molar refractivity (Wildman–Crippen MR) is 77.9 cm³/mol. The molecule has 2 aromatic rings. The zero-order valence-corrected chi connectivity index (χ0v) is 11.7. The van der Waals surface area contributed by atoms with Crippen LogP contribution >= 0.6 is 0 Å². The number of nitrogens with zero attached hydrogens (tertiary/aromatic N) is 2. The zero-order valence-electron chi connectivity index (χ0n) is 11.7. The first-order valence-corrected chi connectivity index (χ1v) is 6.17. The molecule has 1 amide bonds. The lowest BCUT2D eigenvalue weighted by Gasteiger charge is -2.13. The number of nitriles is 1. The Bertz CT molecular complexity index is 740. The van der Waals surface area contributed by atoms with E-state index in [1.807, 2.05) is 6.07 Å². The number of primary amides is 1. The van der Waals surface area contributed by atoms with Crippen molar-refractivity contribution in [2.24, 2.45) is 5.73 Å². The van der Waals surface area contributed by atoms with E-state index in [1.54, 1.807) is 26.0 Å². The second-order valence-electron chi connectivity index (χ2n) is 4.59. The van der Waals surface area contributed by atoms with Crippen LogP contribution in [0.4, 0.5) is 5.69 Å². The number of carbonyl (C=O) groups excluding carboxylic acids is 1. The highest BCUT2D eigenvalue weighted by molar-refractivity contribution is 5.93. The maximum atomic E-state index is 11.2. The molecule has 0 radical (unpaired) electrons.